The molecule has 1 aromatic carbocycles. The number of piperazine rings is 1. The normalized spacial score (nSPS) is 15.3. The van der Waals surface area contributed by atoms with Gasteiger partial charge in [0.25, 0.3) is 0 Å². The highest BCUT2D eigenvalue weighted by atomic mass is 16.2. The third kappa shape index (κ3) is 4.77. The predicted molar refractivity (Wildman–Crippen MR) is 87.5 cm³/mol. The van der Waals surface area contributed by atoms with E-state index in [1.54, 1.807) is 6.08 Å². The van der Waals surface area contributed by atoms with Crippen LogP contribution in [0.1, 0.15) is 12.5 Å². The maximum absolute atomic E-state index is 11.6. The molecule has 116 valence electrons. The molecule has 0 saturated carbocycles. The number of allylic oxidation sites excluding steroid dienone is 3. The molecule has 1 saturated heterocycles. The van der Waals surface area contributed by atoms with Gasteiger partial charge >= 0.3 is 0 Å². The van der Waals surface area contributed by atoms with Gasteiger partial charge in [-0.2, -0.15) is 0 Å². The van der Waals surface area contributed by atoms with E-state index in [-0.39, 0.29) is 11.8 Å². The van der Waals surface area contributed by atoms with Crippen LogP contribution in [0.4, 0.5) is 5.69 Å². The second kappa shape index (κ2) is 8.02. The van der Waals surface area contributed by atoms with E-state index < -0.39 is 0 Å². The standard InChI is InChI=1S/C17H21N3O2/c1-2-3-4-5-16(21)19-12-14-6-8-15(9-7-14)20-11-10-18-17(22)13-20/h2-9H,10-13H2,1H3,(H,18,22)(H,19,21). The summed E-state index contributed by atoms with van der Waals surface area (Å²) >= 11 is 0. The zero-order chi connectivity index (χ0) is 15.8. The van der Waals surface area contributed by atoms with Crippen molar-refractivity contribution in [2.24, 2.45) is 0 Å². The molecule has 1 heterocycles. The number of nitrogens with zero attached hydrogens (tertiary/aromatic N) is 1. The van der Waals surface area contributed by atoms with E-state index in [0.29, 0.717) is 19.6 Å². The van der Waals surface area contributed by atoms with Crippen molar-refractivity contribution in [2.75, 3.05) is 24.5 Å². The molecule has 5 nitrogen and oxygen atoms in total. The van der Waals surface area contributed by atoms with Gasteiger partial charge in [0.1, 0.15) is 0 Å². The van der Waals surface area contributed by atoms with Crippen LogP contribution in [0.15, 0.2) is 48.6 Å². The molecular weight excluding hydrogens is 278 g/mol. The average molecular weight is 299 g/mol. The first-order valence-electron chi connectivity index (χ1n) is 7.37. The van der Waals surface area contributed by atoms with E-state index in [1.165, 1.54) is 6.08 Å². The van der Waals surface area contributed by atoms with Crippen LogP contribution in [-0.4, -0.2) is 31.4 Å². The summed E-state index contributed by atoms with van der Waals surface area (Å²) in [5.74, 6) is -0.0645. The Morgan fingerprint density at radius 1 is 1.32 bits per heavy atom. The highest BCUT2D eigenvalue weighted by molar-refractivity contribution is 5.87. The Labute approximate surface area is 130 Å². The number of nitrogens with one attached hydrogen (secondary N) is 2. The van der Waals surface area contributed by atoms with E-state index in [2.05, 4.69) is 10.6 Å². The van der Waals surface area contributed by atoms with Crippen LogP contribution < -0.4 is 15.5 Å². The number of hydrogen-bond acceptors (Lipinski definition) is 3. The topological polar surface area (TPSA) is 61.4 Å². The van der Waals surface area contributed by atoms with Crippen LogP contribution in [0.2, 0.25) is 0 Å². The lowest BCUT2D eigenvalue weighted by atomic mass is 10.2. The summed E-state index contributed by atoms with van der Waals surface area (Å²) in [5, 5.41) is 5.63. The fourth-order valence-electron chi connectivity index (χ4n) is 2.19. The first-order valence-corrected chi connectivity index (χ1v) is 7.37. The van der Waals surface area contributed by atoms with Crippen LogP contribution in [0.3, 0.4) is 0 Å². The van der Waals surface area contributed by atoms with Crippen LogP contribution in [0.5, 0.6) is 0 Å². The van der Waals surface area contributed by atoms with Gasteiger partial charge in [0.2, 0.25) is 11.8 Å². The molecule has 1 aliphatic rings. The van der Waals surface area contributed by atoms with Gasteiger partial charge in [0.05, 0.1) is 6.54 Å². The SMILES string of the molecule is CC=CC=CC(=O)NCc1ccc(N2CCNC(=O)C2)cc1. The molecule has 0 aliphatic carbocycles. The monoisotopic (exact) mass is 299 g/mol. The fraction of sp³-hybridized carbons (Fsp3) is 0.294. The molecule has 1 aromatic rings. The lowest BCUT2D eigenvalue weighted by molar-refractivity contribution is -0.120. The molecule has 0 atom stereocenters. The van der Waals surface area contributed by atoms with Gasteiger partial charge in [0.15, 0.2) is 0 Å². The number of rotatable bonds is 5. The number of carbonyl (C=O) groups is 2. The van der Waals surface area contributed by atoms with Crippen LogP contribution in [0, 0.1) is 0 Å². The Bertz CT molecular complexity index is 576. The Morgan fingerprint density at radius 3 is 2.77 bits per heavy atom. The number of benzene rings is 1. The minimum Gasteiger partial charge on any atom is -0.360 e. The van der Waals surface area contributed by atoms with Crippen LogP contribution in [-0.2, 0) is 16.1 Å². The molecule has 0 bridgehead atoms. The number of amides is 2. The lowest BCUT2D eigenvalue weighted by Crippen LogP contribution is -2.47. The van der Waals surface area contributed by atoms with Gasteiger partial charge < -0.3 is 15.5 Å². The minimum atomic E-state index is -0.116. The predicted octanol–water partition coefficient (Wildman–Crippen LogP) is 1.37. The van der Waals surface area contributed by atoms with Crippen molar-refractivity contribution in [3.05, 3.63) is 54.1 Å². The molecule has 1 aliphatic heterocycles. The zero-order valence-electron chi connectivity index (χ0n) is 12.7. The maximum Gasteiger partial charge on any atom is 0.244 e. The molecule has 0 unspecified atom stereocenters. The molecular formula is C17H21N3O2. The Hall–Kier alpha value is -2.56. The second-order valence-corrected chi connectivity index (χ2v) is 5.04. The van der Waals surface area contributed by atoms with Gasteiger partial charge in [-0.3, -0.25) is 9.59 Å². The van der Waals surface area contributed by atoms with Crippen molar-refractivity contribution >= 4 is 17.5 Å². The Balaban J connectivity index is 1.86. The van der Waals surface area contributed by atoms with E-state index in [4.69, 9.17) is 0 Å². The van der Waals surface area contributed by atoms with E-state index in [0.717, 1.165) is 17.8 Å². The summed E-state index contributed by atoms with van der Waals surface area (Å²) in [5.41, 5.74) is 2.05. The van der Waals surface area contributed by atoms with Crippen molar-refractivity contribution in [3.8, 4) is 0 Å². The summed E-state index contributed by atoms with van der Waals surface area (Å²) in [6.07, 6.45) is 6.88. The third-order valence-electron chi connectivity index (χ3n) is 3.36. The molecule has 22 heavy (non-hydrogen) atoms. The Kier molecular flexibility index (Phi) is 5.77. The smallest absolute Gasteiger partial charge is 0.244 e. The minimum absolute atomic E-state index is 0.0514. The first kappa shape index (κ1) is 15.8. The van der Waals surface area contributed by atoms with Crippen LogP contribution in [0.25, 0.3) is 0 Å². The third-order valence-corrected chi connectivity index (χ3v) is 3.36. The van der Waals surface area contributed by atoms with Crippen LogP contribution >= 0.6 is 0 Å². The second-order valence-electron chi connectivity index (χ2n) is 5.04. The highest BCUT2D eigenvalue weighted by Gasteiger charge is 2.15. The summed E-state index contributed by atoms with van der Waals surface area (Å²) < 4.78 is 0. The van der Waals surface area contributed by atoms with Gasteiger partial charge in [-0.05, 0) is 24.6 Å². The van der Waals surface area contributed by atoms with Crippen molar-refractivity contribution in [1.29, 1.82) is 0 Å². The number of carbonyl (C=O) groups excluding carboxylic acids is 2. The molecule has 2 N–H and O–H groups in total. The first-order chi connectivity index (χ1) is 10.7. The van der Waals surface area contributed by atoms with Crippen molar-refractivity contribution in [2.45, 2.75) is 13.5 Å². The van der Waals surface area contributed by atoms with Gasteiger partial charge in [-0.1, -0.05) is 30.4 Å². The molecule has 0 spiro atoms. The quantitative estimate of drug-likeness (QED) is 0.638. The van der Waals surface area contributed by atoms with Gasteiger partial charge in [0, 0.05) is 31.4 Å². The number of anilines is 1. The molecule has 2 rings (SSSR count). The molecule has 1 fully saturated rings. The lowest BCUT2D eigenvalue weighted by Gasteiger charge is -2.28. The van der Waals surface area contributed by atoms with E-state index in [9.17, 15) is 9.59 Å². The number of hydrogen-bond donors (Lipinski definition) is 2. The highest BCUT2D eigenvalue weighted by Crippen LogP contribution is 2.15. The Morgan fingerprint density at radius 2 is 2.09 bits per heavy atom. The van der Waals surface area contributed by atoms with E-state index >= 15 is 0 Å². The zero-order valence-corrected chi connectivity index (χ0v) is 12.7. The fourth-order valence-corrected chi connectivity index (χ4v) is 2.19. The van der Waals surface area contributed by atoms with Crippen molar-refractivity contribution in [3.63, 3.8) is 0 Å². The molecule has 0 aromatic heterocycles. The average Bonchev–Trinajstić information content (AvgIpc) is 2.54. The summed E-state index contributed by atoms with van der Waals surface area (Å²) in [6.45, 7) is 4.27. The molecule has 2 amide bonds. The van der Waals surface area contributed by atoms with Gasteiger partial charge in [-0.25, -0.2) is 0 Å². The van der Waals surface area contributed by atoms with Crippen molar-refractivity contribution < 1.29 is 9.59 Å². The molecule has 5 heteroatoms. The summed E-state index contributed by atoms with van der Waals surface area (Å²) in [7, 11) is 0. The van der Waals surface area contributed by atoms with E-state index in [1.807, 2.05) is 48.2 Å². The molecule has 0 radical (unpaired) electrons. The maximum atomic E-state index is 11.6. The largest absolute Gasteiger partial charge is 0.360 e. The summed E-state index contributed by atoms with van der Waals surface area (Å²) in [6, 6.07) is 7.90. The van der Waals surface area contributed by atoms with Crippen molar-refractivity contribution in [1.82, 2.24) is 10.6 Å². The summed E-state index contributed by atoms with van der Waals surface area (Å²) in [4.78, 5) is 25.0. The van der Waals surface area contributed by atoms with Gasteiger partial charge in [-0.15, -0.1) is 0 Å².